The first-order valence-corrected chi connectivity index (χ1v) is 6.96. The second-order valence-corrected chi connectivity index (χ2v) is 5.31. The predicted octanol–water partition coefficient (Wildman–Crippen LogP) is 2.08. The van der Waals surface area contributed by atoms with E-state index in [1.165, 1.54) is 0 Å². The molecule has 0 bridgehead atoms. The zero-order chi connectivity index (χ0) is 13.8. The number of benzene rings is 1. The van der Waals surface area contributed by atoms with Gasteiger partial charge < -0.3 is 14.7 Å². The molecule has 1 N–H and O–H groups in total. The molecule has 4 heteroatoms. The number of para-hydroxylation sites is 1. The van der Waals surface area contributed by atoms with Crippen molar-refractivity contribution in [1.29, 1.82) is 5.41 Å². The van der Waals surface area contributed by atoms with Gasteiger partial charge in [0.25, 0.3) is 0 Å². The van der Waals surface area contributed by atoms with Crippen LogP contribution in [0.4, 0.5) is 5.69 Å². The molecular formula is C15H24N4. The average molecular weight is 260 g/mol. The summed E-state index contributed by atoms with van der Waals surface area (Å²) in [6.07, 6.45) is 1.08. The molecule has 0 saturated carbocycles. The largest absolute Gasteiger partial charge is 0.341 e. The zero-order valence-electron chi connectivity index (χ0n) is 12.1. The zero-order valence-corrected chi connectivity index (χ0v) is 12.1. The molecular weight excluding hydrogens is 236 g/mol. The van der Waals surface area contributed by atoms with E-state index in [4.69, 9.17) is 5.41 Å². The molecule has 1 unspecified atom stereocenters. The van der Waals surface area contributed by atoms with Gasteiger partial charge in [-0.25, -0.2) is 0 Å². The summed E-state index contributed by atoms with van der Waals surface area (Å²) in [7, 11) is 4.20. The van der Waals surface area contributed by atoms with E-state index < -0.39 is 0 Å². The first kappa shape index (κ1) is 13.9. The van der Waals surface area contributed by atoms with Gasteiger partial charge in [-0.3, -0.25) is 5.41 Å². The van der Waals surface area contributed by atoms with Gasteiger partial charge in [0.1, 0.15) is 0 Å². The number of hydrogen-bond acceptors (Lipinski definition) is 2. The molecule has 0 aromatic heterocycles. The third-order valence-electron chi connectivity index (χ3n) is 3.65. The van der Waals surface area contributed by atoms with Crippen molar-refractivity contribution in [1.82, 2.24) is 9.80 Å². The molecule has 0 radical (unpaired) electrons. The molecule has 19 heavy (non-hydrogen) atoms. The number of nitrogens with zero attached hydrogens (tertiary/aromatic N) is 3. The molecule has 1 aromatic rings. The standard InChI is InChI=1S/C15H24N4/c1-4-18-12-14(10-11-17(2)3)19(15(18)16)13-8-6-5-7-9-13/h5-9,14,16H,4,10-12H2,1-3H3. The van der Waals surface area contributed by atoms with Crippen LogP contribution >= 0.6 is 0 Å². The van der Waals surface area contributed by atoms with E-state index in [2.05, 4.69) is 47.9 Å². The number of guanidine groups is 1. The van der Waals surface area contributed by atoms with Crippen LogP contribution in [0.3, 0.4) is 0 Å². The molecule has 1 fully saturated rings. The van der Waals surface area contributed by atoms with Gasteiger partial charge >= 0.3 is 0 Å². The Labute approximate surface area is 116 Å². The van der Waals surface area contributed by atoms with Crippen LogP contribution in [0, 0.1) is 5.41 Å². The van der Waals surface area contributed by atoms with E-state index in [-0.39, 0.29) is 0 Å². The lowest BCUT2D eigenvalue weighted by atomic mass is 10.1. The Bertz CT molecular complexity index is 415. The topological polar surface area (TPSA) is 33.6 Å². The normalized spacial score (nSPS) is 19.6. The van der Waals surface area contributed by atoms with E-state index in [1.54, 1.807) is 0 Å². The monoisotopic (exact) mass is 260 g/mol. The lowest BCUT2D eigenvalue weighted by Gasteiger charge is -2.26. The number of likely N-dealkylation sites (N-methyl/N-ethyl adjacent to an activating group) is 1. The van der Waals surface area contributed by atoms with Gasteiger partial charge in [0.15, 0.2) is 5.96 Å². The third kappa shape index (κ3) is 3.07. The Kier molecular flexibility index (Phi) is 4.43. The van der Waals surface area contributed by atoms with Crippen molar-refractivity contribution in [3.8, 4) is 0 Å². The highest BCUT2D eigenvalue weighted by Gasteiger charge is 2.34. The Hall–Kier alpha value is -1.55. The fraction of sp³-hybridized carbons (Fsp3) is 0.533. The predicted molar refractivity (Wildman–Crippen MR) is 80.9 cm³/mol. The first-order chi connectivity index (χ1) is 9.13. The van der Waals surface area contributed by atoms with Crippen LogP contribution in [-0.2, 0) is 0 Å². The fourth-order valence-electron chi connectivity index (χ4n) is 2.58. The van der Waals surface area contributed by atoms with Crippen LogP contribution < -0.4 is 4.90 Å². The van der Waals surface area contributed by atoms with Gasteiger partial charge in [0, 0.05) is 18.8 Å². The Morgan fingerprint density at radius 3 is 2.53 bits per heavy atom. The minimum absolute atomic E-state index is 0.400. The molecule has 2 rings (SSSR count). The van der Waals surface area contributed by atoms with Crippen molar-refractivity contribution >= 4 is 11.6 Å². The summed E-state index contributed by atoms with van der Waals surface area (Å²) in [5.41, 5.74) is 1.13. The highest BCUT2D eigenvalue weighted by molar-refractivity contribution is 5.96. The second kappa shape index (κ2) is 6.06. The minimum atomic E-state index is 0.400. The summed E-state index contributed by atoms with van der Waals surface area (Å²) in [5, 5.41) is 8.36. The van der Waals surface area contributed by atoms with Crippen molar-refractivity contribution in [3.63, 3.8) is 0 Å². The molecule has 1 atom stereocenters. The Morgan fingerprint density at radius 1 is 1.26 bits per heavy atom. The van der Waals surface area contributed by atoms with Gasteiger partial charge in [-0.15, -0.1) is 0 Å². The molecule has 104 valence electrons. The summed E-state index contributed by atoms with van der Waals surface area (Å²) in [6.45, 7) is 5.03. The number of rotatable bonds is 5. The highest BCUT2D eigenvalue weighted by atomic mass is 15.4. The lowest BCUT2D eigenvalue weighted by Crippen LogP contribution is -2.37. The molecule has 0 spiro atoms. The second-order valence-electron chi connectivity index (χ2n) is 5.31. The van der Waals surface area contributed by atoms with Crippen LogP contribution in [-0.4, -0.2) is 55.5 Å². The van der Waals surface area contributed by atoms with E-state index in [9.17, 15) is 0 Å². The fourth-order valence-corrected chi connectivity index (χ4v) is 2.58. The van der Waals surface area contributed by atoms with E-state index in [0.717, 1.165) is 31.7 Å². The number of anilines is 1. The van der Waals surface area contributed by atoms with Crippen LogP contribution in [0.15, 0.2) is 30.3 Å². The minimum Gasteiger partial charge on any atom is -0.341 e. The number of hydrogen-bond donors (Lipinski definition) is 1. The maximum atomic E-state index is 8.36. The quantitative estimate of drug-likeness (QED) is 0.880. The maximum Gasteiger partial charge on any atom is 0.198 e. The summed E-state index contributed by atoms with van der Waals surface area (Å²) >= 11 is 0. The lowest BCUT2D eigenvalue weighted by molar-refractivity contribution is 0.366. The average Bonchev–Trinajstić information content (AvgIpc) is 2.73. The molecule has 1 saturated heterocycles. The molecule has 0 aliphatic carbocycles. The molecule has 1 aliphatic rings. The summed E-state index contributed by atoms with van der Waals surface area (Å²) in [4.78, 5) is 6.53. The summed E-state index contributed by atoms with van der Waals surface area (Å²) in [5.74, 6) is 0.637. The van der Waals surface area contributed by atoms with Crippen molar-refractivity contribution < 1.29 is 0 Å². The van der Waals surface area contributed by atoms with Crippen LogP contribution in [0.2, 0.25) is 0 Å². The van der Waals surface area contributed by atoms with Crippen molar-refractivity contribution in [2.75, 3.05) is 38.6 Å². The van der Waals surface area contributed by atoms with Gasteiger partial charge in [0.05, 0.1) is 6.04 Å². The van der Waals surface area contributed by atoms with E-state index in [0.29, 0.717) is 12.0 Å². The van der Waals surface area contributed by atoms with Crippen molar-refractivity contribution in [2.45, 2.75) is 19.4 Å². The summed E-state index contributed by atoms with van der Waals surface area (Å²) in [6, 6.07) is 10.7. The highest BCUT2D eigenvalue weighted by Crippen LogP contribution is 2.25. The molecule has 1 aromatic carbocycles. The maximum absolute atomic E-state index is 8.36. The van der Waals surface area contributed by atoms with Gasteiger partial charge in [-0.2, -0.15) is 0 Å². The van der Waals surface area contributed by atoms with Gasteiger partial charge in [0.2, 0.25) is 0 Å². The van der Waals surface area contributed by atoms with Crippen molar-refractivity contribution in [3.05, 3.63) is 30.3 Å². The third-order valence-corrected chi connectivity index (χ3v) is 3.65. The smallest absolute Gasteiger partial charge is 0.198 e. The molecule has 0 amide bonds. The molecule has 1 heterocycles. The van der Waals surface area contributed by atoms with E-state index >= 15 is 0 Å². The van der Waals surface area contributed by atoms with Crippen LogP contribution in [0.5, 0.6) is 0 Å². The van der Waals surface area contributed by atoms with Gasteiger partial charge in [-0.1, -0.05) is 18.2 Å². The van der Waals surface area contributed by atoms with Crippen LogP contribution in [0.1, 0.15) is 13.3 Å². The van der Waals surface area contributed by atoms with Gasteiger partial charge in [-0.05, 0) is 46.1 Å². The van der Waals surface area contributed by atoms with Crippen molar-refractivity contribution in [2.24, 2.45) is 0 Å². The SMILES string of the molecule is CCN1CC(CCN(C)C)N(c2ccccc2)C1=N. The molecule has 1 aliphatic heterocycles. The number of nitrogens with one attached hydrogen (secondary N) is 1. The molecule has 4 nitrogen and oxygen atoms in total. The first-order valence-electron chi connectivity index (χ1n) is 6.96. The summed E-state index contributed by atoms with van der Waals surface area (Å²) < 4.78 is 0. The van der Waals surface area contributed by atoms with Crippen LogP contribution in [0.25, 0.3) is 0 Å². The van der Waals surface area contributed by atoms with E-state index in [1.807, 2.05) is 18.2 Å². The Balaban J connectivity index is 2.17. The Morgan fingerprint density at radius 2 is 1.95 bits per heavy atom.